The molecule has 4 nitrogen and oxygen atoms in total. The van der Waals surface area contributed by atoms with Crippen LogP contribution in [-0.4, -0.2) is 37.6 Å². The van der Waals surface area contributed by atoms with Gasteiger partial charge in [0.2, 0.25) is 0 Å². The summed E-state index contributed by atoms with van der Waals surface area (Å²) in [6, 6.07) is 18.3. The van der Waals surface area contributed by atoms with Crippen molar-refractivity contribution in [1.82, 2.24) is 0 Å². The molecule has 0 aliphatic carbocycles. The number of ketones is 1. The highest BCUT2D eigenvalue weighted by molar-refractivity contribution is 6.03. The first-order valence-electron chi connectivity index (χ1n) is 10.4. The van der Waals surface area contributed by atoms with Gasteiger partial charge in [-0.3, -0.25) is 4.79 Å². The van der Waals surface area contributed by atoms with Crippen LogP contribution in [0.25, 0.3) is 0 Å². The molecule has 28 heavy (non-hydrogen) atoms. The van der Waals surface area contributed by atoms with Crippen LogP contribution in [0, 0.1) is 0 Å². The maximum atomic E-state index is 13.2. The van der Waals surface area contributed by atoms with E-state index < -0.39 is 5.54 Å². The molecule has 1 aliphatic rings. The monoisotopic (exact) mass is 380 g/mol. The van der Waals surface area contributed by atoms with Crippen LogP contribution in [0.1, 0.15) is 48.5 Å². The molecule has 1 aliphatic heterocycles. The van der Waals surface area contributed by atoms with Crippen LogP contribution < -0.4 is 10.6 Å². The average molecular weight is 381 g/mol. The number of carbonyl (C=O) groups is 1. The number of Topliss-reactive ketones (excluding diaryl/α,β-unsaturated/α-hetero) is 1. The summed E-state index contributed by atoms with van der Waals surface area (Å²) in [5.41, 5.74) is 9.02. The second-order valence-electron chi connectivity index (χ2n) is 7.72. The molecular weight excluding hydrogens is 348 g/mol. The summed E-state index contributed by atoms with van der Waals surface area (Å²) in [6.07, 6.45) is 4.19. The Balaban J connectivity index is 1.65. The number of anilines is 1. The van der Waals surface area contributed by atoms with Crippen LogP contribution in [0.2, 0.25) is 0 Å². The van der Waals surface area contributed by atoms with Crippen molar-refractivity contribution in [3.05, 3.63) is 65.7 Å². The number of ether oxygens (including phenoxy) is 1. The molecule has 2 aromatic rings. The van der Waals surface area contributed by atoms with Crippen LogP contribution in [0.15, 0.2) is 54.6 Å². The molecule has 4 heteroatoms. The van der Waals surface area contributed by atoms with Gasteiger partial charge in [-0.15, -0.1) is 0 Å². The van der Waals surface area contributed by atoms with Crippen LogP contribution in [0.3, 0.4) is 0 Å². The van der Waals surface area contributed by atoms with Gasteiger partial charge < -0.3 is 15.4 Å². The third kappa shape index (κ3) is 5.21. The molecule has 150 valence electrons. The van der Waals surface area contributed by atoms with Crippen LogP contribution in [0.5, 0.6) is 0 Å². The first kappa shape index (κ1) is 20.6. The van der Waals surface area contributed by atoms with Gasteiger partial charge in [0.15, 0.2) is 5.78 Å². The number of nitrogens with two attached hydrogens (primary N) is 1. The van der Waals surface area contributed by atoms with E-state index in [9.17, 15) is 4.79 Å². The average Bonchev–Trinajstić information content (AvgIpc) is 2.75. The van der Waals surface area contributed by atoms with Crippen molar-refractivity contribution in [2.75, 3.05) is 31.2 Å². The van der Waals surface area contributed by atoms with E-state index in [1.807, 2.05) is 30.3 Å². The fourth-order valence-corrected chi connectivity index (χ4v) is 3.98. The highest BCUT2D eigenvalue weighted by Crippen LogP contribution is 2.25. The predicted octanol–water partition coefficient (Wildman–Crippen LogP) is 4.23. The van der Waals surface area contributed by atoms with Gasteiger partial charge in [-0.1, -0.05) is 43.7 Å². The summed E-state index contributed by atoms with van der Waals surface area (Å²) in [7, 11) is 0. The zero-order valence-corrected chi connectivity index (χ0v) is 16.9. The molecule has 1 fully saturated rings. The molecule has 1 atom stereocenters. The lowest BCUT2D eigenvalue weighted by Crippen LogP contribution is -2.48. The molecular formula is C24H32N2O2. The number of carbonyl (C=O) groups excluding carboxylic acids is 1. The molecule has 2 N–H and O–H groups in total. The van der Waals surface area contributed by atoms with Gasteiger partial charge in [-0.2, -0.15) is 0 Å². The summed E-state index contributed by atoms with van der Waals surface area (Å²) in [5, 5.41) is 0. The number of hydrogen-bond donors (Lipinski definition) is 1. The molecule has 0 bridgehead atoms. The number of rotatable bonds is 9. The van der Waals surface area contributed by atoms with Crippen molar-refractivity contribution < 1.29 is 9.53 Å². The van der Waals surface area contributed by atoms with Crippen molar-refractivity contribution in [2.24, 2.45) is 5.73 Å². The molecule has 0 aromatic heterocycles. The van der Waals surface area contributed by atoms with E-state index in [1.54, 1.807) is 0 Å². The van der Waals surface area contributed by atoms with Crippen molar-refractivity contribution in [1.29, 1.82) is 0 Å². The van der Waals surface area contributed by atoms with Gasteiger partial charge >= 0.3 is 0 Å². The SMILES string of the molecule is CCCC(N)(CCCc1ccccc1)C(=O)c1ccc(N2CCOCC2)cc1. The minimum absolute atomic E-state index is 0.0657. The smallest absolute Gasteiger partial charge is 0.182 e. The van der Waals surface area contributed by atoms with E-state index in [-0.39, 0.29) is 5.78 Å². The van der Waals surface area contributed by atoms with E-state index >= 15 is 0 Å². The zero-order chi connectivity index (χ0) is 19.8. The number of benzene rings is 2. The van der Waals surface area contributed by atoms with Gasteiger partial charge in [0, 0.05) is 24.3 Å². The van der Waals surface area contributed by atoms with Crippen molar-refractivity contribution >= 4 is 11.5 Å². The molecule has 0 amide bonds. The van der Waals surface area contributed by atoms with Gasteiger partial charge in [-0.25, -0.2) is 0 Å². The van der Waals surface area contributed by atoms with Crippen LogP contribution >= 0.6 is 0 Å². The predicted molar refractivity (Wildman–Crippen MR) is 115 cm³/mol. The minimum Gasteiger partial charge on any atom is -0.378 e. The molecule has 0 spiro atoms. The van der Waals surface area contributed by atoms with Gasteiger partial charge in [0.1, 0.15) is 0 Å². The van der Waals surface area contributed by atoms with Crippen LogP contribution in [-0.2, 0) is 11.2 Å². The molecule has 1 unspecified atom stereocenters. The summed E-state index contributed by atoms with van der Waals surface area (Å²) in [4.78, 5) is 15.5. The van der Waals surface area contributed by atoms with Crippen LogP contribution in [0.4, 0.5) is 5.69 Å². The van der Waals surface area contributed by atoms with E-state index in [2.05, 4.69) is 36.1 Å². The van der Waals surface area contributed by atoms with E-state index in [0.29, 0.717) is 18.4 Å². The number of aryl methyl sites for hydroxylation is 1. The summed E-state index contributed by atoms with van der Waals surface area (Å²) >= 11 is 0. The zero-order valence-electron chi connectivity index (χ0n) is 16.9. The van der Waals surface area contributed by atoms with E-state index in [1.165, 1.54) is 5.56 Å². The Morgan fingerprint density at radius 3 is 2.36 bits per heavy atom. The second-order valence-corrected chi connectivity index (χ2v) is 7.72. The first-order chi connectivity index (χ1) is 13.6. The van der Waals surface area contributed by atoms with Crippen molar-refractivity contribution in [2.45, 2.75) is 44.6 Å². The molecule has 1 saturated heterocycles. The summed E-state index contributed by atoms with van der Waals surface area (Å²) in [5.74, 6) is 0.0657. The third-order valence-electron chi connectivity index (χ3n) is 5.59. The van der Waals surface area contributed by atoms with Crippen molar-refractivity contribution in [3.8, 4) is 0 Å². The summed E-state index contributed by atoms with van der Waals surface area (Å²) < 4.78 is 5.41. The molecule has 1 heterocycles. The number of morpholine rings is 1. The molecule has 3 rings (SSSR count). The minimum atomic E-state index is -0.788. The van der Waals surface area contributed by atoms with Gasteiger partial charge in [0.05, 0.1) is 18.8 Å². The largest absolute Gasteiger partial charge is 0.378 e. The van der Waals surface area contributed by atoms with Gasteiger partial charge in [0.25, 0.3) is 0 Å². The Kier molecular flexibility index (Phi) is 7.24. The molecule has 2 aromatic carbocycles. The number of nitrogens with zero attached hydrogens (tertiary/aromatic N) is 1. The van der Waals surface area contributed by atoms with Gasteiger partial charge in [-0.05, 0) is 55.5 Å². The third-order valence-corrected chi connectivity index (χ3v) is 5.59. The number of hydrogen-bond acceptors (Lipinski definition) is 4. The van der Waals surface area contributed by atoms with E-state index in [0.717, 1.165) is 51.3 Å². The Morgan fingerprint density at radius 1 is 1.04 bits per heavy atom. The molecule has 0 radical (unpaired) electrons. The topological polar surface area (TPSA) is 55.6 Å². The molecule has 0 saturated carbocycles. The lowest BCUT2D eigenvalue weighted by atomic mass is 9.81. The lowest BCUT2D eigenvalue weighted by Gasteiger charge is -2.30. The lowest BCUT2D eigenvalue weighted by molar-refractivity contribution is 0.0867. The van der Waals surface area contributed by atoms with Crippen molar-refractivity contribution in [3.63, 3.8) is 0 Å². The Hall–Kier alpha value is -2.17. The normalized spacial score (nSPS) is 16.6. The quantitative estimate of drug-likeness (QED) is 0.662. The van der Waals surface area contributed by atoms with E-state index in [4.69, 9.17) is 10.5 Å². The second kappa shape index (κ2) is 9.85. The standard InChI is InChI=1S/C24H32N2O2/c1-2-14-24(25,15-6-9-20-7-4-3-5-8-20)23(27)21-10-12-22(13-11-21)26-16-18-28-19-17-26/h3-5,7-8,10-13H,2,6,9,14-19,25H2,1H3. The maximum absolute atomic E-state index is 13.2. The fraction of sp³-hybridized carbons (Fsp3) is 0.458. The fourth-order valence-electron chi connectivity index (χ4n) is 3.98. The first-order valence-corrected chi connectivity index (χ1v) is 10.4. The Bertz CT molecular complexity index is 739. The highest BCUT2D eigenvalue weighted by Gasteiger charge is 2.33. The Morgan fingerprint density at radius 2 is 1.71 bits per heavy atom. The summed E-state index contributed by atoms with van der Waals surface area (Å²) in [6.45, 7) is 5.38. The maximum Gasteiger partial charge on any atom is 0.182 e. The Labute approximate surface area is 168 Å². The highest BCUT2D eigenvalue weighted by atomic mass is 16.5.